The van der Waals surface area contributed by atoms with E-state index in [0.29, 0.717) is 31.3 Å². The number of amides is 1. The molecule has 2 aliphatic rings. The predicted molar refractivity (Wildman–Crippen MR) is 126 cm³/mol. The Hall–Kier alpha value is -2.66. The van der Waals surface area contributed by atoms with Gasteiger partial charge < -0.3 is 24.3 Å². The van der Waals surface area contributed by atoms with Gasteiger partial charge in [-0.2, -0.15) is 4.31 Å². The highest BCUT2D eigenvalue weighted by molar-refractivity contribution is 7.89. The number of benzene rings is 2. The molecule has 1 unspecified atom stereocenters. The number of ether oxygens (including phenoxy) is 4. The number of nitrogens with one attached hydrogen (secondary N) is 1. The molecule has 34 heavy (non-hydrogen) atoms. The maximum atomic E-state index is 13.2. The summed E-state index contributed by atoms with van der Waals surface area (Å²) in [7, 11) is -2.45. The third-order valence-electron chi connectivity index (χ3n) is 5.85. The first-order valence-corrected chi connectivity index (χ1v) is 12.8. The van der Waals surface area contributed by atoms with E-state index in [2.05, 4.69) is 5.32 Å². The Morgan fingerprint density at radius 2 is 1.88 bits per heavy atom. The molecule has 2 fully saturated rings. The number of anilines is 1. The standard InChI is InChI=1S/C24H30N2O7S/c1-30-22-10-9-18(16-23(22)34(28,29)26-11-14-31-15-12-26)24(27)25-20-7-2-3-8-21(20)33-17-19-6-4-5-13-32-19/h2-3,7-10,16,19H,4-6,11-15,17H2,1H3,(H,25,27). The van der Waals surface area contributed by atoms with Gasteiger partial charge in [0.1, 0.15) is 23.0 Å². The molecule has 2 saturated heterocycles. The molecule has 184 valence electrons. The van der Waals surface area contributed by atoms with Crippen LogP contribution in [0.3, 0.4) is 0 Å². The van der Waals surface area contributed by atoms with E-state index in [1.54, 1.807) is 18.2 Å². The molecular weight excluding hydrogens is 460 g/mol. The van der Waals surface area contributed by atoms with Crippen LogP contribution in [0, 0.1) is 0 Å². The van der Waals surface area contributed by atoms with E-state index in [-0.39, 0.29) is 35.4 Å². The number of rotatable bonds is 8. The molecule has 1 amide bonds. The summed E-state index contributed by atoms with van der Waals surface area (Å²) in [6.07, 6.45) is 3.15. The Kier molecular flexibility index (Phi) is 8.04. The molecule has 2 aliphatic heterocycles. The van der Waals surface area contributed by atoms with E-state index < -0.39 is 15.9 Å². The summed E-state index contributed by atoms with van der Waals surface area (Å²) in [5, 5.41) is 2.84. The number of hydrogen-bond donors (Lipinski definition) is 1. The summed E-state index contributed by atoms with van der Waals surface area (Å²) in [4.78, 5) is 13.0. The fourth-order valence-corrected chi connectivity index (χ4v) is 5.55. The number of sulfonamides is 1. The molecule has 2 aromatic carbocycles. The zero-order valence-corrected chi connectivity index (χ0v) is 20.0. The average Bonchev–Trinajstić information content (AvgIpc) is 2.89. The van der Waals surface area contributed by atoms with Crippen LogP contribution in [0.2, 0.25) is 0 Å². The van der Waals surface area contributed by atoms with Crippen molar-refractivity contribution >= 4 is 21.6 Å². The van der Waals surface area contributed by atoms with Crippen molar-refractivity contribution in [2.75, 3.05) is 51.9 Å². The zero-order valence-electron chi connectivity index (χ0n) is 19.2. The first kappa shape index (κ1) is 24.5. The topological polar surface area (TPSA) is 103 Å². The van der Waals surface area contributed by atoms with Crippen LogP contribution in [0.15, 0.2) is 47.4 Å². The van der Waals surface area contributed by atoms with Gasteiger partial charge in [-0.15, -0.1) is 0 Å². The highest BCUT2D eigenvalue weighted by atomic mass is 32.2. The summed E-state index contributed by atoms with van der Waals surface area (Å²) in [5.74, 6) is 0.255. The lowest BCUT2D eigenvalue weighted by molar-refractivity contribution is -0.0109. The Morgan fingerprint density at radius 3 is 2.62 bits per heavy atom. The second kappa shape index (κ2) is 11.2. The van der Waals surface area contributed by atoms with Crippen molar-refractivity contribution < 1.29 is 32.2 Å². The van der Waals surface area contributed by atoms with Gasteiger partial charge >= 0.3 is 0 Å². The number of methoxy groups -OCH3 is 1. The van der Waals surface area contributed by atoms with Crippen LogP contribution >= 0.6 is 0 Å². The van der Waals surface area contributed by atoms with Crippen LogP contribution in [0.25, 0.3) is 0 Å². The molecule has 1 N–H and O–H groups in total. The molecule has 2 aromatic rings. The monoisotopic (exact) mass is 490 g/mol. The SMILES string of the molecule is COc1ccc(C(=O)Nc2ccccc2OCC2CCCCO2)cc1S(=O)(=O)N1CCOCC1. The number of carbonyl (C=O) groups is 1. The molecule has 0 radical (unpaired) electrons. The van der Waals surface area contributed by atoms with Gasteiger partial charge in [0.05, 0.1) is 32.1 Å². The summed E-state index contributed by atoms with van der Waals surface area (Å²) in [6, 6.07) is 11.5. The second-order valence-corrected chi connectivity index (χ2v) is 10.0. The number of hydrogen-bond acceptors (Lipinski definition) is 7. The van der Waals surface area contributed by atoms with Gasteiger partial charge in [-0.25, -0.2) is 8.42 Å². The van der Waals surface area contributed by atoms with Crippen LogP contribution in [0.5, 0.6) is 11.5 Å². The summed E-state index contributed by atoms with van der Waals surface area (Å²) in [5.41, 5.74) is 0.690. The van der Waals surface area contributed by atoms with Gasteiger partial charge in [0, 0.05) is 25.3 Å². The fraction of sp³-hybridized carbons (Fsp3) is 0.458. The Morgan fingerprint density at radius 1 is 1.09 bits per heavy atom. The van der Waals surface area contributed by atoms with E-state index in [1.807, 2.05) is 6.07 Å². The lowest BCUT2D eigenvalue weighted by atomic mass is 10.1. The third-order valence-corrected chi connectivity index (χ3v) is 7.77. The highest BCUT2D eigenvalue weighted by Crippen LogP contribution is 2.30. The largest absolute Gasteiger partial charge is 0.495 e. The van der Waals surface area contributed by atoms with Crippen molar-refractivity contribution in [2.24, 2.45) is 0 Å². The Balaban J connectivity index is 1.52. The van der Waals surface area contributed by atoms with Crippen LogP contribution in [-0.4, -0.2) is 71.4 Å². The summed E-state index contributed by atoms with van der Waals surface area (Å²) >= 11 is 0. The predicted octanol–water partition coefficient (Wildman–Crippen LogP) is 2.92. The Bertz CT molecular complexity index is 1090. The van der Waals surface area contributed by atoms with Crippen molar-refractivity contribution in [3.8, 4) is 11.5 Å². The molecular formula is C24H30N2O7S. The van der Waals surface area contributed by atoms with Crippen molar-refractivity contribution in [1.82, 2.24) is 4.31 Å². The van der Waals surface area contributed by atoms with Crippen LogP contribution < -0.4 is 14.8 Å². The van der Waals surface area contributed by atoms with E-state index in [0.717, 1.165) is 25.9 Å². The first-order chi connectivity index (χ1) is 16.5. The number of morpholine rings is 1. The van der Waals surface area contributed by atoms with Gasteiger partial charge in [-0.1, -0.05) is 12.1 Å². The second-order valence-electron chi connectivity index (χ2n) is 8.13. The maximum absolute atomic E-state index is 13.2. The smallest absolute Gasteiger partial charge is 0.255 e. The molecule has 0 aromatic heterocycles. The highest BCUT2D eigenvalue weighted by Gasteiger charge is 2.30. The van der Waals surface area contributed by atoms with Crippen molar-refractivity contribution in [3.05, 3.63) is 48.0 Å². The minimum atomic E-state index is -3.85. The molecule has 1 atom stereocenters. The first-order valence-electron chi connectivity index (χ1n) is 11.4. The zero-order chi connectivity index (χ0) is 24.0. The number of carbonyl (C=O) groups excluding carboxylic acids is 1. The molecule has 10 heteroatoms. The molecule has 4 rings (SSSR count). The van der Waals surface area contributed by atoms with E-state index >= 15 is 0 Å². The fourth-order valence-electron chi connectivity index (χ4n) is 3.96. The van der Waals surface area contributed by atoms with Crippen LogP contribution in [0.4, 0.5) is 5.69 Å². The van der Waals surface area contributed by atoms with Gasteiger partial charge in [0.25, 0.3) is 5.91 Å². The average molecular weight is 491 g/mol. The molecule has 0 saturated carbocycles. The van der Waals surface area contributed by atoms with Crippen molar-refractivity contribution in [3.63, 3.8) is 0 Å². The lowest BCUT2D eigenvalue weighted by Crippen LogP contribution is -2.40. The molecule has 0 bridgehead atoms. The number of nitrogens with zero attached hydrogens (tertiary/aromatic N) is 1. The van der Waals surface area contributed by atoms with E-state index in [4.69, 9.17) is 18.9 Å². The minimum absolute atomic E-state index is 0.0343. The molecule has 2 heterocycles. The van der Waals surface area contributed by atoms with Crippen LogP contribution in [-0.2, 0) is 19.5 Å². The van der Waals surface area contributed by atoms with Crippen LogP contribution in [0.1, 0.15) is 29.6 Å². The maximum Gasteiger partial charge on any atom is 0.255 e. The van der Waals surface area contributed by atoms with Gasteiger partial charge in [0.2, 0.25) is 10.0 Å². The lowest BCUT2D eigenvalue weighted by Gasteiger charge is -2.26. The normalized spacial score (nSPS) is 19.4. The summed E-state index contributed by atoms with van der Waals surface area (Å²) in [6.45, 7) is 2.28. The minimum Gasteiger partial charge on any atom is -0.495 e. The van der Waals surface area contributed by atoms with Gasteiger partial charge in [-0.3, -0.25) is 4.79 Å². The van der Waals surface area contributed by atoms with Crippen molar-refractivity contribution in [2.45, 2.75) is 30.3 Å². The Labute approximate surface area is 200 Å². The van der Waals surface area contributed by atoms with E-state index in [9.17, 15) is 13.2 Å². The number of para-hydroxylation sites is 2. The molecule has 0 aliphatic carbocycles. The summed E-state index contributed by atoms with van der Waals surface area (Å²) < 4.78 is 50.0. The van der Waals surface area contributed by atoms with Crippen molar-refractivity contribution in [1.29, 1.82) is 0 Å². The van der Waals surface area contributed by atoms with E-state index in [1.165, 1.54) is 29.6 Å². The van der Waals surface area contributed by atoms with Gasteiger partial charge in [-0.05, 0) is 49.6 Å². The third kappa shape index (κ3) is 5.69. The molecule has 0 spiro atoms. The van der Waals surface area contributed by atoms with Gasteiger partial charge in [0.15, 0.2) is 0 Å². The molecule has 9 nitrogen and oxygen atoms in total. The quantitative estimate of drug-likeness (QED) is 0.607.